The molecule has 5 nitrogen and oxygen atoms in total. The summed E-state index contributed by atoms with van der Waals surface area (Å²) in [4.78, 5) is 4.26. The molecule has 1 aromatic carbocycles. The highest BCUT2D eigenvalue weighted by Gasteiger charge is 2.05. The molecule has 6 heteroatoms. The second-order valence-electron chi connectivity index (χ2n) is 6.14. The normalized spacial score (nSPS) is 15.6. The van der Waals surface area contributed by atoms with Gasteiger partial charge in [-0.05, 0) is 31.7 Å². The van der Waals surface area contributed by atoms with Crippen LogP contribution in [0.3, 0.4) is 0 Å². The van der Waals surface area contributed by atoms with E-state index in [4.69, 9.17) is 9.47 Å². The number of benzene rings is 1. The number of nitrogens with zero attached hydrogens (tertiary/aromatic N) is 1. The van der Waals surface area contributed by atoms with Gasteiger partial charge < -0.3 is 20.1 Å². The molecule has 1 aliphatic rings. The Kier molecular flexibility index (Phi) is 12.3. The van der Waals surface area contributed by atoms with Crippen molar-refractivity contribution in [1.82, 2.24) is 10.6 Å². The minimum Gasteiger partial charge on any atom is -0.377 e. The molecule has 0 aliphatic carbocycles. The number of nitrogens with one attached hydrogen (secondary N) is 2. The van der Waals surface area contributed by atoms with Crippen molar-refractivity contribution in [1.29, 1.82) is 0 Å². The van der Waals surface area contributed by atoms with Crippen LogP contribution in [0.15, 0.2) is 47.0 Å². The summed E-state index contributed by atoms with van der Waals surface area (Å²) in [5.41, 5.74) is 2.69. The zero-order valence-electron chi connectivity index (χ0n) is 15.9. The van der Waals surface area contributed by atoms with E-state index in [2.05, 4.69) is 40.8 Å². The molecule has 1 unspecified atom stereocenters. The van der Waals surface area contributed by atoms with Gasteiger partial charge in [0, 0.05) is 26.7 Å². The van der Waals surface area contributed by atoms with Crippen molar-refractivity contribution in [3.05, 3.63) is 47.5 Å². The molecule has 1 aromatic rings. The Morgan fingerprint density at radius 2 is 2.00 bits per heavy atom. The summed E-state index contributed by atoms with van der Waals surface area (Å²) in [5, 5.41) is 6.69. The minimum atomic E-state index is 0. The fourth-order valence-corrected chi connectivity index (χ4v) is 2.71. The third-order valence-electron chi connectivity index (χ3n) is 4.27. The van der Waals surface area contributed by atoms with Gasteiger partial charge in [-0.3, -0.25) is 4.99 Å². The topological polar surface area (TPSA) is 54.9 Å². The molecule has 0 aromatic heterocycles. The number of ether oxygens (including phenoxy) is 2. The smallest absolute Gasteiger partial charge is 0.190 e. The summed E-state index contributed by atoms with van der Waals surface area (Å²) in [6, 6.07) is 10.3. The van der Waals surface area contributed by atoms with Gasteiger partial charge in [-0.2, -0.15) is 0 Å². The summed E-state index contributed by atoms with van der Waals surface area (Å²) < 4.78 is 11.2. The molecule has 0 saturated carbocycles. The number of rotatable bonds is 9. The van der Waals surface area contributed by atoms with Crippen molar-refractivity contribution in [2.24, 2.45) is 4.99 Å². The van der Waals surface area contributed by atoms with E-state index in [0.717, 1.165) is 58.1 Å². The quantitative estimate of drug-likeness (QED) is 0.189. The third kappa shape index (κ3) is 9.00. The van der Waals surface area contributed by atoms with E-state index in [-0.39, 0.29) is 30.1 Å². The molecule has 1 aliphatic heterocycles. The molecule has 0 amide bonds. The molecule has 1 atom stereocenters. The molecule has 0 spiro atoms. The van der Waals surface area contributed by atoms with Gasteiger partial charge >= 0.3 is 0 Å². The van der Waals surface area contributed by atoms with Gasteiger partial charge in [-0.15, -0.1) is 24.0 Å². The molecule has 0 radical (unpaired) electrons. The number of guanidine groups is 1. The van der Waals surface area contributed by atoms with Crippen LogP contribution in [0.5, 0.6) is 0 Å². The fourth-order valence-electron chi connectivity index (χ4n) is 2.71. The summed E-state index contributed by atoms with van der Waals surface area (Å²) in [7, 11) is 1.80. The zero-order valence-corrected chi connectivity index (χ0v) is 18.2. The van der Waals surface area contributed by atoms with Gasteiger partial charge in [-0.1, -0.05) is 42.0 Å². The van der Waals surface area contributed by atoms with E-state index in [9.17, 15) is 0 Å². The highest BCUT2D eigenvalue weighted by molar-refractivity contribution is 14.0. The van der Waals surface area contributed by atoms with Crippen molar-refractivity contribution in [2.75, 3.05) is 40.0 Å². The minimum absolute atomic E-state index is 0. The summed E-state index contributed by atoms with van der Waals surface area (Å²) in [6.45, 7) is 6.16. The van der Waals surface area contributed by atoms with Crippen LogP contribution in [-0.4, -0.2) is 45.9 Å². The first-order chi connectivity index (χ1) is 12.3. The van der Waals surface area contributed by atoms with Gasteiger partial charge in [0.2, 0.25) is 0 Å². The lowest BCUT2D eigenvalue weighted by atomic mass is 10.1. The first-order valence-corrected chi connectivity index (χ1v) is 9.16. The van der Waals surface area contributed by atoms with Gasteiger partial charge in [-0.25, -0.2) is 0 Å². The van der Waals surface area contributed by atoms with E-state index < -0.39 is 0 Å². The molecule has 0 saturated heterocycles. The van der Waals surface area contributed by atoms with E-state index in [1.807, 2.05) is 18.2 Å². The van der Waals surface area contributed by atoms with Crippen LogP contribution in [0, 0.1) is 0 Å². The van der Waals surface area contributed by atoms with Crippen LogP contribution in [0.1, 0.15) is 37.9 Å². The molecular weight excluding hydrogens is 441 g/mol. The Labute approximate surface area is 174 Å². The molecule has 0 bridgehead atoms. The molecule has 146 valence electrons. The lowest BCUT2D eigenvalue weighted by Crippen LogP contribution is -2.38. The molecular formula is C20H32IN3O2. The van der Waals surface area contributed by atoms with Gasteiger partial charge in [0.15, 0.2) is 5.96 Å². The van der Waals surface area contributed by atoms with Gasteiger partial charge in [0.1, 0.15) is 0 Å². The number of aliphatic imine (C=N–C) groups is 1. The van der Waals surface area contributed by atoms with Crippen molar-refractivity contribution < 1.29 is 9.47 Å². The van der Waals surface area contributed by atoms with Crippen LogP contribution in [0.2, 0.25) is 0 Å². The average Bonchev–Trinajstić information content (AvgIpc) is 2.67. The third-order valence-corrected chi connectivity index (χ3v) is 4.27. The average molecular weight is 473 g/mol. The van der Waals surface area contributed by atoms with Crippen molar-refractivity contribution in [3.63, 3.8) is 0 Å². The largest absolute Gasteiger partial charge is 0.377 e. The maximum Gasteiger partial charge on any atom is 0.190 e. The molecule has 1 heterocycles. The van der Waals surface area contributed by atoms with Crippen molar-refractivity contribution in [2.45, 2.75) is 32.3 Å². The van der Waals surface area contributed by atoms with Crippen LogP contribution < -0.4 is 10.6 Å². The van der Waals surface area contributed by atoms with E-state index >= 15 is 0 Å². The standard InChI is InChI=1S/C20H31N3O2.HI/c1-17(19-7-4-3-5-8-19)25-14-6-12-22-20(21-2)23-13-9-18-10-15-24-16-11-18;/h3-5,7-8,10,17H,6,9,11-16H2,1-2H3,(H2,21,22,23);1H. The number of hydrogen-bond donors (Lipinski definition) is 2. The van der Waals surface area contributed by atoms with Crippen LogP contribution in [0.25, 0.3) is 0 Å². The maximum absolute atomic E-state index is 5.88. The fraction of sp³-hybridized carbons (Fsp3) is 0.550. The highest BCUT2D eigenvalue weighted by Crippen LogP contribution is 2.15. The van der Waals surface area contributed by atoms with Gasteiger partial charge in [0.25, 0.3) is 0 Å². The lowest BCUT2D eigenvalue weighted by molar-refractivity contribution is 0.0646. The first kappa shape index (κ1) is 22.9. The number of halogens is 1. The van der Waals surface area contributed by atoms with Crippen LogP contribution in [0.4, 0.5) is 0 Å². The predicted molar refractivity (Wildman–Crippen MR) is 118 cm³/mol. The number of hydrogen-bond acceptors (Lipinski definition) is 3. The summed E-state index contributed by atoms with van der Waals surface area (Å²) in [6.07, 6.45) is 5.35. The van der Waals surface area contributed by atoms with Crippen molar-refractivity contribution >= 4 is 29.9 Å². The van der Waals surface area contributed by atoms with Crippen LogP contribution >= 0.6 is 24.0 Å². The predicted octanol–water partition coefficient (Wildman–Crippen LogP) is 3.67. The van der Waals surface area contributed by atoms with E-state index in [0.29, 0.717) is 0 Å². The Morgan fingerprint density at radius 3 is 2.69 bits per heavy atom. The Bertz CT molecular complexity index is 549. The Hall–Kier alpha value is -1.12. The molecule has 0 fully saturated rings. The molecule has 2 rings (SSSR count). The Morgan fingerprint density at radius 1 is 1.23 bits per heavy atom. The summed E-state index contributed by atoms with van der Waals surface area (Å²) in [5.74, 6) is 0.851. The molecule has 26 heavy (non-hydrogen) atoms. The maximum atomic E-state index is 5.88. The highest BCUT2D eigenvalue weighted by atomic mass is 127. The van der Waals surface area contributed by atoms with E-state index in [1.165, 1.54) is 11.1 Å². The zero-order chi connectivity index (χ0) is 17.7. The molecule has 2 N–H and O–H groups in total. The second-order valence-corrected chi connectivity index (χ2v) is 6.14. The van der Waals surface area contributed by atoms with Gasteiger partial charge in [0.05, 0.1) is 19.3 Å². The lowest BCUT2D eigenvalue weighted by Gasteiger charge is -2.16. The second kappa shape index (κ2) is 14.0. The monoisotopic (exact) mass is 473 g/mol. The van der Waals surface area contributed by atoms with Crippen molar-refractivity contribution in [3.8, 4) is 0 Å². The van der Waals surface area contributed by atoms with E-state index in [1.54, 1.807) is 7.05 Å². The SMILES string of the molecule is CN=C(NCCCOC(C)c1ccccc1)NCCC1=CCOCC1.I. The Balaban J connectivity index is 0.00000338. The summed E-state index contributed by atoms with van der Waals surface area (Å²) >= 11 is 0. The van der Waals surface area contributed by atoms with Crippen LogP contribution in [-0.2, 0) is 9.47 Å². The first-order valence-electron chi connectivity index (χ1n) is 9.16.